The fourth-order valence-corrected chi connectivity index (χ4v) is 2.52. The molecule has 1 fully saturated rings. The standard InChI is InChI=1S/C16H16ClFN2O2/c17-11-4-5-14(12(18)9-11)22-16(13-3-1-2-6-20-13)15-10-19-7-8-21-15/h1-6,9,15-16,19H,7-8,10H2/t15-,16-/m0/s1. The van der Waals surface area contributed by atoms with Crippen molar-refractivity contribution in [2.45, 2.75) is 12.2 Å². The first kappa shape index (κ1) is 15.2. The largest absolute Gasteiger partial charge is 0.478 e. The number of aromatic nitrogens is 1. The first-order valence-corrected chi connectivity index (χ1v) is 7.47. The minimum Gasteiger partial charge on any atom is -0.478 e. The van der Waals surface area contributed by atoms with E-state index in [1.165, 1.54) is 12.1 Å². The average molecular weight is 323 g/mol. The van der Waals surface area contributed by atoms with Crippen LogP contribution in [0.3, 0.4) is 0 Å². The third kappa shape index (κ3) is 3.55. The zero-order valence-corrected chi connectivity index (χ0v) is 12.6. The Morgan fingerprint density at radius 3 is 2.95 bits per heavy atom. The van der Waals surface area contributed by atoms with Crippen molar-refractivity contribution in [3.63, 3.8) is 0 Å². The van der Waals surface area contributed by atoms with E-state index in [1.807, 2.05) is 18.2 Å². The summed E-state index contributed by atoms with van der Waals surface area (Å²) in [6, 6.07) is 9.87. The number of rotatable bonds is 4. The molecular formula is C16H16ClFN2O2. The second-order valence-electron chi connectivity index (χ2n) is 4.98. The van der Waals surface area contributed by atoms with E-state index in [0.717, 1.165) is 6.54 Å². The van der Waals surface area contributed by atoms with Crippen molar-refractivity contribution in [1.82, 2.24) is 10.3 Å². The van der Waals surface area contributed by atoms with Crippen molar-refractivity contribution >= 4 is 11.6 Å². The molecule has 0 spiro atoms. The molecule has 6 heteroatoms. The highest BCUT2D eigenvalue weighted by Crippen LogP contribution is 2.29. The predicted octanol–water partition coefficient (Wildman–Crippen LogP) is 2.98. The zero-order valence-electron chi connectivity index (χ0n) is 11.8. The molecule has 116 valence electrons. The van der Waals surface area contributed by atoms with Crippen LogP contribution in [0.25, 0.3) is 0 Å². The van der Waals surface area contributed by atoms with Crippen LogP contribution in [0, 0.1) is 5.82 Å². The van der Waals surface area contributed by atoms with E-state index in [-0.39, 0.29) is 11.9 Å². The maximum Gasteiger partial charge on any atom is 0.168 e. The molecule has 22 heavy (non-hydrogen) atoms. The fraction of sp³-hybridized carbons (Fsp3) is 0.312. The van der Waals surface area contributed by atoms with E-state index in [0.29, 0.717) is 23.9 Å². The monoisotopic (exact) mass is 322 g/mol. The van der Waals surface area contributed by atoms with Gasteiger partial charge in [0.05, 0.1) is 12.3 Å². The second kappa shape index (κ2) is 7.05. The number of benzene rings is 1. The van der Waals surface area contributed by atoms with Crippen molar-refractivity contribution in [3.05, 3.63) is 59.1 Å². The van der Waals surface area contributed by atoms with Crippen molar-refractivity contribution < 1.29 is 13.9 Å². The summed E-state index contributed by atoms with van der Waals surface area (Å²) in [5, 5.41) is 3.58. The molecule has 4 nitrogen and oxygen atoms in total. The molecule has 1 aliphatic heterocycles. The summed E-state index contributed by atoms with van der Waals surface area (Å²) in [6.07, 6.45) is 0.948. The Kier molecular flexibility index (Phi) is 4.87. The molecule has 0 amide bonds. The van der Waals surface area contributed by atoms with Crippen LogP contribution in [0.2, 0.25) is 5.02 Å². The number of hydrogen-bond acceptors (Lipinski definition) is 4. The highest BCUT2D eigenvalue weighted by atomic mass is 35.5. The summed E-state index contributed by atoms with van der Waals surface area (Å²) >= 11 is 5.78. The van der Waals surface area contributed by atoms with Gasteiger partial charge >= 0.3 is 0 Å². The summed E-state index contributed by atoms with van der Waals surface area (Å²) in [7, 11) is 0. The van der Waals surface area contributed by atoms with Crippen LogP contribution >= 0.6 is 11.6 Å². The molecule has 2 aromatic rings. The first-order chi connectivity index (χ1) is 10.7. The van der Waals surface area contributed by atoms with E-state index < -0.39 is 11.9 Å². The number of ether oxygens (including phenoxy) is 2. The van der Waals surface area contributed by atoms with Crippen LogP contribution in [0.1, 0.15) is 11.8 Å². The van der Waals surface area contributed by atoms with Gasteiger partial charge in [0, 0.05) is 24.3 Å². The third-order valence-corrected chi connectivity index (χ3v) is 3.66. The Morgan fingerprint density at radius 2 is 2.27 bits per heavy atom. The van der Waals surface area contributed by atoms with Crippen LogP contribution in [0.4, 0.5) is 4.39 Å². The molecule has 0 radical (unpaired) electrons. The van der Waals surface area contributed by atoms with Crippen molar-refractivity contribution in [2.24, 2.45) is 0 Å². The lowest BCUT2D eigenvalue weighted by Crippen LogP contribution is -2.43. The Morgan fingerprint density at radius 1 is 1.36 bits per heavy atom. The van der Waals surface area contributed by atoms with Gasteiger partial charge in [0.1, 0.15) is 6.10 Å². The quantitative estimate of drug-likeness (QED) is 0.940. The SMILES string of the molecule is Fc1cc(Cl)ccc1O[C@@H](c1ccccn1)[C@@H]1CNCCO1. The summed E-state index contributed by atoms with van der Waals surface area (Å²) < 4.78 is 25.6. The minimum atomic E-state index is -0.503. The van der Waals surface area contributed by atoms with Crippen molar-refractivity contribution in [3.8, 4) is 5.75 Å². The number of halogens is 2. The Bertz CT molecular complexity index is 621. The summed E-state index contributed by atoms with van der Waals surface area (Å²) in [6.45, 7) is 2.00. The third-order valence-electron chi connectivity index (χ3n) is 3.42. The van der Waals surface area contributed by atoms with Crippen LogP contribution < -0.4 is 10.1 Å². The van der Waals surface area contributed by atoms with E-state index in [4.69, 9.17) is 21.1 Å². The van der Waals surface area contributed by atoms with Gasteiger partial charge in [0.15, 0.2) is 17.7 Å². The molecule has 1 saturated heterocycles. The van der Waals surface area contributed by atoms with Crippen LogP contribution in [-0.2, 0) is 4.74 Å². The van der Waals surface area contributed by atoms with Gasteiger partial charge in [0.2, 0.25) is 0 Å². The highest BCUT2D eigenvalue weighted by Gasteiger charge is 2.29. The van der Waals surface area contributed by atoms with Gasteiger partial charge < -0.3 is 14.8 Å². The average Bonchev–Trinajstić information content (AvgIpc) is 2.56. The van der Waals surface area contributed by atoms with E-state index >= 15 is 0 Å². The molecule has 0 bridgehead atoms. The molecular weight excluding hydrogens is 307 g/mol. The van der Waals surface area contributed by atoms with Crippen LogP contribution in [0.5, 0.6) is 5.75 Å². The lowest BCUT2D eigenvalue weighted by Gasteiger charge is -2.31. The van der Waals surface area contributed by atoms with E-state index in [9.17, 15) is 4.39 Å². The lowest BCUT2D eigenvalue weighted by atomic mass is 10.1. The van der Waals surface area contributed by atoms with Crippen molar-refractivity contribution in [2.75, 3.05) is 19.7 Å². The summed E-state index contributed by atoms with van der Waals surface area (Å²) in [4.78, 5) is 4.32. The second-order valence-corrected chi connectivity index (χ2v) is 5.42. The van der Waals surface area contributed by atoms with Gasteiger partial charge in [-0.05, 0) is 30.3 Å². The predicted molar refractivity (Wildman–Crippen MR) is 81.6 cm³/mol. The minimum absolute atomic E-state index is 0.134. The van der Waals surface area contributed by atoms with Gasteiger partial charge in [-0.2, -0.15) is 0 Å². The first-order valence-electron chi connectivity index (χ1n) is 7.09. The van der Waals surface area contributed by atoms with Gasteiger partial charge in [-0.3, -0.25) is 4.98 Å². The van der Waals surface area contributed by atoms with Gasteiger partial charge in [-0.25, -0.2) is 4.39 Å². The maximum atomic E-state index is 14.0. The van der Waals surface area contributed by atoms with Crippen molar-refractivity contribution in [1.29, 1.82) is 0 Å². The normalized spacial score (nSPS) is 19.6. The van der Waals surface area contributed by atoms with Crippen LogP contribution in [0.15, 0.2) is 42.6 Å². The zero-order chi connectivity index (χ0) is 15.4. The molecule has 0 aliphatic carbocycles. The summed E-state index contributed by atoms with van der Waals surface area (Å²) in [5.74, 6) is -0.369. The number of hydrogen-bond donors (Lipinski definition) is 1. The molecule has 1 N–H and O–H groups in total. The lowest BCUT2D eigenvalue weighted by molar-refractivity contribution is -0.0456. The Balaban J connectivity index is 1.87. The van der Waals surface area contributed by atoms with Gasteiger partial charge in [0.25, 0.3) is 0 Å². The van der Waals surface area contributed by atoms with E-state index in [1.54, 1.807) is 12.3 Å². The maximum absolute atomic E-state index is 14.0. The molecule has 2 atom stereocenters. The molecule has 0 saturated carbocycles. The number of nitrogens with zero attached hydrogens (tertiary/aromatic N) is 1. The fourth-order valence-electron chi connectivity index (χ4n) is 2.36. The van der Waals surface area contributed by atoms with Gasteiger partial charge in [-0.1, -0.05) is 17.7 Å². The number of pyridine rings is 1. The topological polar surface area (TPSA) is 43.4 Å². The molecule has 1 aliphatic rings. The molecule has 2 heterocycles. The number of morpholine rings is 1. The molecule has 1 aromatic carbocycles. The van der Waals surface area contributed by atoms with Gasteiger partial charge in [-0.15, -0.1) is 0 Å². The molecule has 1 aromatic heterocycles. The smallest absolute Gasteiger partial charge is 0.168 e. The Labute approximate surface area is 133 Å². The number of nitrogens with one attached hydrogen (secondary N) is 1. The van der Waals surface area contributed by atoms with Crippen LogP contribution in [-0.4, -0.2) is 30.8 Å². The van der Waals surface area contributed by atoms with E-state index in [2.05, 4.69) is 10.3 Å². The highest BCUT2D eigenvalue weighted by molar-refractivity contribution is 6.30. The molecule has 0 unspecified atom stereocenters. The summed E-state index contributed by atoms with van der Waals surface area (Å²) in [5.41, 5.74) is 0.700. The molecule has 3 rings (SSSR count). The Hall–Kier alpha value is -1.69.